The van der Waals surface area contributed by atoms with Crippen molar-refractivity contribution in [1.82, 2.24) is 0 Å². The number of hydrogen-bond donors (Lipinski definition) is 2. The second kappa shape index (κ2) is 4.21. The molecule has 1 heterocycles. The average molecular weight is 207 g/mol. The van der Waals surface area contributed by atoms with Gasteiger partial charge in [-0.05, 0) is 37.1 Å². The Morgan fingerprint density at radius 2 is 1.87 bits per heavy atom. The van der Waals surface area contributed by atoms with Crippen molar-refractivity contribution in [3.8, 4) is 0 Å². The number of aryl methyl sites for hydroxylation is 2. The third-order valence-corrected chi connectivity index (χ3v) is 2.62. The lowest BCUT2D eigenvalue weighted by Crippen LogP contribution is -2.31. The van der Waals surface area contributed by atoms with Crippen LogP contribution in [0.5, 0.6) is 0 Å². The number of hydrogen-bond acceptors (Lipinski definition) is 3. The van der Waals surface area contributed by atoms with Crippen LogP contribution in [0.15, 0.2) is 18.2 Å². The second-order valence-electron chi connectivity index (χ2n) is 4.23. The molecule has 2 N–H and O–H groups in total. The molecule has 1 aromatic carbocycles. The number of benzene rings is 1. The molecule has 2 unspecified atom stereocenters. The third-order valence-electron chi connectivity index (χ3n) is 2.62. The fraction of sp³-hybridized carbons (Fsp3) is 0.500. The maximum atomic E-state index is 9.60. The first-order valence-corrected chi connectivity index (χ1v) is 5.26. The van der Waals surface area contributed by atoms with Gasteiger partial charge in [0.25, 0.3) is 0 Å². The summed E-state index contributed by atoms with van der Waals surface area (Å²) < 4.78 is 5.19. The molecule has 0 bridgehead atoms. The molecule has 1 aliphatic rings. The van der Waals surface area contributed by atoms with Crippen LogP contribution in [-0.2, 0) is 4.74 Å². The number of anilines is 1. The van der Waals surface area contributed by atoms with E-state index in [1.165, 1.54) is 11.1 Å². The van der Waals surface area contributed by atoms with Gasteiger partial charge in [0.2, 0.25) is 0 Å². The second-order valence-corrected chi connectivity index (χ2v) is 4.23. The molecule has 0 saturated carbocycles. The molecular formula is C12H17NO2. The van der Waals surface area contributed by atoms with Gasteiger partial charge in [0.15, 0.2) is 0 Å². The summed E-state index contributed by atoms with van der Waals surface area (Å²) >= 11 is 0. The molecule has 1 aliphatic heterocycles. The first-order valence-electron chi connectivity index (χ1n) is 5.26. The minimum Gasteiger partial charge on any atom is -0.388 e. The van der Waals surface area contributed by atoms with Gasteiger partial charge in [0, 0.05) is 5.69 Å². The predicted octanol–water partition coefficient (Wildman–Crippen LogP) is 1.48. The van der Waals surface area contributed by atoms with Crippen LogP contribution >= 0.6 is 0 Å². The van der Waals surface area contributed by atoms with Crippen molar-refractivity contribution in [3.05, 3.63) is 29.3 Å². The first-order chi connectivity index (χ1) is 7.15. The van der Waals surface area contributed by atoms with E-state index in [9.17, 15) is 5.11 Å². The summed E-state index contributed by atoms with van der Waals surface area (Å²) in [6, 6.07) is 6.31. The zero-order chi connectivity index (χ0) is 10.8. The van der Waals surface area contributed by atoms with Crippen molar-refractivity contribution in [1.29, 1.82) is 0 Å². The van der Waals surface area contributed by atoms with E-state index in [0.717, 1.165) is 5.69 Å². The number of aliphatic hydroxyl groups excluding tert-OH is 1. The van der Waals surface area contributed by atoms with Crippen LogP contribution in [0.25, 0.3) is 0 Å². The molecule has 2 atom stereocenters. The van der Waals surface area contributed by atoms with Crippen molar-refractivity contribution in [2.75, 3.05) is 18.5 Å². The molecule has 3 nitrogen and oxygen atoms in total. The van der Waals surface area contributed by atoms with E-state index in [0.29, 0.717) is 13.2 Å². The van der Waals surface area contributed by atoms with Crippen molar-refractivity contribution in [2.45, 2.75) is 26.0 Å². The Labute approximate surface area is 90.1 Å². The van der Waals surface area contributed by atoms with E-state index < -0.39 is 6.10 Å². The minimum absolute atomic E-state index is 0.0196. The zero-order valence-electron chi connectivity index (χ0n) is 9.16. The molecule has 0 aromatic heterocycles. The van der Waals surface area contributed by atoms with E-state index in [1.807, 2.05) is 0 Å². The van der Waals surface area contributed by atoms with Crippen LogP contribution in [0, 0.1) is 13.8 Å². The fourth-order valence-corrected chi connectivity index (χ4v) is 1.95. The van der Waals surface area contributed by atoms with Gasteiger partial charge in [0.1, 0.15) is 0 Å². The summed E-state index contributed by atoms with van der Waals surface area (Å²) in [7, 11) is 0. The minimum atomic E-state index is -0.397. The van der Waals surface area contributed by atoms with E-state index in [4.69, 9.17) is 4.74 Å². The van der Waals surface area contributed by atoms with Crippen LogP contribution in [0.2, 0.25) is 0 Å². The van der Waals surface area contributed by atoms with Gasteiger partial charge in [0.05, 0.1) is 25.4 Å². The summed E-state index contributed by atoms with van der Waals surface area (Å²) in [6.07, 6.45) is -0.397. The van der Waals surface area contributed by atoms with E-state index in [-0.39, 0.29) is 6.04 Å². The van der Waals surface area contributed by atoms with Gasteiger partial charge in [-0.2, -0.15) is 0 Å². The smallest absolute Gasteiger partial charge is 0.0996 e. The molecule has 15 heavy (non-hydrogen) atoms. The number of ether oxygens (including phenoxy) is 1. The molecule has 0 radical (unpaired) electrons. The SMILES string of the molecule is Cc1cc(C)cc(NC2COCC2O)c1. The number of nitrogens with one attached hydrogen (secondary N) is 1. The zero-order valence-corrected chi connectivity index (χ0v) is 9.16. The molecule has 1 saturated heterocycles. The monoisotopic (exact) mass is 207 g/mol. The van der Waals surface area contributed by atoms with Crippen LogP contribution in [-0.4, -0.2) is 30.5 Å². The number of rotatable bonds is 2. The fourth-order valence-electron chi connectivity index (χ4n) is 1.95. The van der Waals surface area contributed by atoms with E-state index in [1.54, 1.807) is 0 Å². The van der Waals surface area contributed by atoms with Gasteiger partial charge in [-0.25, -0.2) is 0 Å². The van der Waals surface area contributed by atoms with Crippen molar-refractivity contribution < 1.29 is 9.84 Å². The molecule has 1 fully saturated rings. The highest BCUT2D eigenvalue weighted by atomic mass is 16.5. The maximum Gasteiger partial charge on any atom is 0.0996 e. The van der Waals surface area contributed by atoms with Gasteiger partial charge < -0.3 is 15.2 Å². The lowest BCUT2D eigenvalue weighted by molar-refractivity contribution is 0.125. The Bertz CT molecular complexity index is 331. The average Bonchev–Trinajstić information content (AvgIpc) is 2.50. The Hall–Kier alpha value is -1.06. The molecule has 0 aliphatic carbocycles. The molecule has 82 valence electrons. The maximum absolute atomic E-state index is 9.60. The lowest BCUT2D eigenvalue weighted by atomic mass is 10.1. The van der Waals surface area contributed by atoms with Crippen LogP contribution < -0.4 is 5.32 Å². The summed E-state index contributed by atoms with van der Waals surface area (Å²) in [4.78, 5) is 0. The molecule has 2 rings (SSSR count). The Balaban J connectivity index is 2.10. The predicted molar refractivity (Wildman–Crippen MR) is 60.2 cm³/mol. The highest BCUT2D eigenvalue weighted by molar-refractivity contribution is 5.49. The molecular weight excluding hydrogens is 190 g/mol. The Morgan fingerprint density at radius 3 is 2.40 bits per heavy atom. The largest absolute Gasteiger partial charge is 0.388 e. The quantitative estimate of drug-likeness (QED) is 0.771. The van der Waals surface area contributed by atoms with Gasteiger partial charge in [-0.15, -0.1) is 0 Å². The summed E-state index contributed by atoms with van der Waals surface area (Å²) in [6.45, 7) is 5.15. The molecule has 1 aromatic rings. The van der Waals surface area contributed by atoms with E-state index in [2.05, 4.69) is 37.4 Å². The van der Waals surface area contributed by atoms with Crippen molar-refractivity contribution in [3.63, 3.8) is 0 Å². The molecule has 0 spiro atoms. The van der Waals surface area contributed by atoms with E-state index >= 15 is 0 Å². The first kappa shape index (κ1) is 10.5. The Morgan fingerprint density at radius 1 is 1.20 bits per heavy atom. The summed E-state index contributed by atoms with van der Waals surface area (Å²) in [5.41, 5.74) is 3.51. The Kier molecular flexibility index (Phi) is 2.93. The standard InChI is InChI=1S/C12H17NO2/c1-8-3-9(2)5-10(4-8)13-11-6-15-7-12(11)14/h3-5,11-14H,6-7H2,1-2H3. The van der Waals surface area contributed by atoms with Crippen LogP contribution in [0.3, 0.4) is 0 Å². The van der Waals surface area contributed by atoms with Gasteiger partial charge in [-0.1, -0.05) is 6.07 Å². The normalized spacial score (nSPS) is 25.5. The van der Waals surface area contributed by atoms with Crippen molar-refractivity contribution >= 4 is 5.69 Å². The topological polar surface area (TPSA) is 41.5 Å². The van der Waals surface area contributed by atoms with Crippen LogP contribution in [0.1, 0.15) is 11.1 Å². The summed E-state index contributed by atoms with van der Waals surface area (Å²) in [5, 5.41) is 12.9. The van der Waals surface area contributed by atoms with Crippen LogP contribution in [0.4, 0.5) is 5.69 Å². The lowest BCUT2D eigenvalue weighted by Gasteiger charge is -2.16. The highest BCUT2D eigenvalue weighted by Crippen LogP contribution is 2.17. The number of aliphatic hydroxyl groups is 1. The van der Waals surface area contributed by atoms with Crippen molar-refractivity contribution in [2.24, 2.45) is 0 Å². The molecule has 0 amide bonds. The third kappa shape index (κ3) is 2.49. The highest BCUT2D eigenvalue weighted by Gasteiger charge is 2.25. The van der Waals surface area contributed by atoms with Gasteiger partial charge >= 0.3 is 0 Å². The van der Waals surface area contributed by atoms with Gasteiger partial charge in [-0.3, -0.25) is 0 Å². The summed E-state index contributed by atoms with van der Waals surface area (Å²) in [5.74, 6) is 0. The molecule has 3 heteroatoms.